The van der Waals surface area contributed by atoms with Gasteiger partial charge in [0.2, 0.25) is 0 Å². The molecule has 0 amide bonds. The fraction of sp³-hybridized carbons (Fsp3) is 0.702. The Labute approximate surface area is 573 Å². The summed E-state index contributed by atoms with van der Waals surface area (Å²) in [5.41, 5.74) is 0. The summed E-state index contributed by atoms with van der Waals surface area (Å²) in [4.78, 5) is 37.6. The molecule has 0 aromatic rings. The van der Waals surface area contributed by atoms with E-state index in [0.29, 0.717) is 17.4 Å². The Bertz CT molecular complexity index is 2000. The Morgan fingerprint density at radius 2 is 0.613 bits per heavy atom. The Hall–Kier alpha value is -4.57. The largest absolute Gasteiger partial charge is 0.545 e. The predicted molar refractivity (Wildman–Crippen MR) is 398 cm³/mol. The maximum Gasteiger partial charge on any atom is 0.306 e. The number of hydrogen-bond donors (Lipinski definition) is 0. The summed E-state index contributed by atoms with van der Waals surface area (Å²) in [5.74, 6) is -2.28. The van der Waals surface area contributed by atoms with E-state index < -0.39 is 24.3 Å². The lowest BCUT2D eigenvalue weighted by molar-refractivity contribution is -0.870. The van der Waals surface area contributed by atoms with Crippen LogP contribution in [0.5, 0.6) is 0 Å². The zero-order chi connectivity index (χ0) is 67.5. The van der Waals surface area contributed by atoms with Gasteiger partial charge in [0.25, 0.3) is 0 Å². The molecule has 93 heavy (non-hydrogen) atoms. The van der Waals surface area contributed by atoms with Gasteiger partial charge in [-0.15, -0.1) is 0 Å². The van der Waals surface area contributed by atoms with Crippen molar-refractivity contribution in [3.63, 3.8) is 0 Å². The van der Waals surface area contributed by atoms with E-state index >= 15 is 0 Å². The van der Waals surface area contributed by atoms with Crippen molar-refractivity contribution in [3.05, 3.63) is 134 Å². The van der Waals surface area contributed by atoms with E-state index in [-0.39, 0.29) is 38.6 Å². The Morgan fingerprint density at radius 3 is 0.925 bits per heavy atom. The Balaban J connectivity index is 4.11. The van der Waals surface area contributed by atoms with Crippen LogP contribution in [0.3, 0.4) is 0 Å². The lowest BCUT2D eigenvalue weighted by Crippen LogP contribution is -2.44. The van der Waals surface area contributed by atoms with E-state index in [9.17, 15) is 19.5 Å². The molecule has 532 valence electrons. The number of aliphatic carboxylic acids is 1. The standard InChI is InChI=1S/C84H143NO8/c1-6-8-10-12-14-16-18-20-22-24-26-28-30-32-34-35-36-37-38-39-40-41-42-43-44-45-46-47-49-51-53-55-57-59-61-63-65-67-69-71-73-75-82(87)93-80(79-92-84(83(88)89)90-77-76-85(3,4)5)78-91-81(86)74-72-70-68-66-64-62-60-58-56-54-52-50-48-33-31-29-27-25-23-21-19-17-15-13-11-9-7-2/h8,10,14,16,20,22,25-28,32,34,36-37,39-40,42-43,45-46,49,51,80,84H,6-7,9,11-13,15,17-19,21,23-24,29-31,33,35,38,41,44,47-48,50,52-79H2,1-5H3/b10-8-,16-14-,22-20-,27-25-,28-26-,34-32-,37-36-,40-39-,43-42-,46-45-,51-49-. The number of carbonyl (C=O) groups excluding carboxylic acids is 3. The average Bonchev–Trinajstić information content (AvgIpc) is 3.38. The third kappa shape index (κ3) is 74.7. The summed E-state index contributed by atoms with van der Waals surface area (Å²) < 4.78 is 22.8. The van der Waals surface area contributed by atoms with Crippen LogP contribution in [-0.4, -0.2) is 82.3 Å². The molecule has 9 heteroatoms. The van der Waals surface area contributed by atoms with Crippen LogP contribution in [0.15, 0.2) is 134 Å². The number of allylic oxidation sites excluding steroid dienone is 22. The minimum absolute atomic E-state index is 0.143. The molecule has 0 rings (SSSR count). The van der Waals surface area contributed by atoms with Crippen molar-refractivity contribution in [3.8, 4) is 0 Å². The molecule has 0 radical (unpaired) electrons. The van der Waals surface area contributed by atoms with Crippen LogP contribution in [0.25, 0.3) is 0 Å². The molecule has 2 unspecified atom stereocenters. The first-order valence-electron chi connectivity index (χ1n) is 38.3. The monoisotopic (exact) mass is 1290 g/mol. The molecule has 0 aliphatic heterocycles. The minimum atomic E-state index is -1.63. The maximum absolute atomic E-state index is 13.0. The molecular formula is C84H143NO8. The van der Waals surface area contributed by atoms with Gasteiger partial charge in [0.15, 0.2) is 12.4 Å². The quantitative estimate of drug-likeness (QED) is 0.0195. The summed E-state index contributed by atoms with van der Waals surface area (Å²) in [6, 6.07) is 0. The number of carboxylic acid groups (broad SMARTS) is 1. The van der Waals surface area contributed by atoms with Crippen LogP contribution in [0.2, 0.25) is 0 Å². The summed E-state index contributed by atoms with van der Waals surface area (Å²) >= 11 is 0. The number of nitrogens with zero attached hydrogens (tertiary/aromatic N) is 1. The van der Waals surface area contributed by atoms with Crippen LogP contribution in [0.1, 0.15) is 322 Å². The van der Waals surface area contributed by atoms with Crippen LogP contribution >= 0.6 is 0 Å². The van der Waals surface area contributed by atoms with E-state index in [4.69, 9.17) is 18.9 Å². The first-order chi connectivity index (χ1) is 45.6. The molecule has 2 atom stereocenters. The third-order valence-corrected chi connectivity index (χ3v) is 16.4. The van der Waals surface area contributed by atoms with Crippen LogP contribution in [0, 0.1) is 0 Å². The Kier molecular flexibility index (Phi) is 69.6. The minimum Gasteiger partial charge on any atom is -0.545 e. The van der Waals surface area contributed by atoms with E-state index in [0.717, 1.165) is 109 Å². The predicted octanol–water partition coefficient (Wildman–Crippen LogP) is 23.1. The molecule has 0 aliphatic rings. The molecule has 0 aromatic heterocycles. The molecule has 0 heterocycles. The van der Waals surface area contributed by atoms with Crippen molar-refractivity contribution in [2.45, 2.75) is 334 Å². The Morgan fingerprint density at radius 1 is 0.333 bits per heavy atom. The van der Waals surface area contributed by atoms with Gasteiger partial charge in [0.05, 0.1) is 40.3 Å². The zero-order valence-electron chi connectivity index (χ0n) is 60.8. The molecular weight excluding hydrogens is 1150 g/mol. The SMILES string of the molecule is CC/C=C\C/C=C\C/C=C\C/C=C\C/C=C\C/C=C\C/C=C\C/C=C\C/C=C\C/C=C\CCCCCCCCCCCCC(=O)OC(COC(=O)CCCCCCCCCCCCCCCCC/C=C\CCCCCCCCCC)COC(OCC[N+](C)(C)C)C(=O)[O-]. The molecule has 0 saturated heterocycles. The molecule has 0 bridgehead atoms. The topological polar surface area (TPSA) is 111 Å². The lowest BCUT2D eigenvalue weighted by Gasteiger charge is -2.26. The average molecular weight is 1300 g/mol. The summed E-state index contributed by atoms with van der Waals surface area (Å²) in [6.07, 6.45) is 103. The second-order valence-corrected chi connectivity index (χ2v) is 26.6. The van der Waals surface area contributed by atoms with Gasteiger partial charge >= 0.3 is 11.9 Å². The van der Waals surface area contributed by atoms with Gasteiger partial charge in [0, 0.05) is 12.8 Å². The smallest absolute Gasteiger partial charge is 0.306 e. The molecule has 0 N–H and O–H groups in total. The van der Waals surface area contributed by atoms with Crippen LogP contribution in [-0.2, 0) is 33.3 Å². The fourth-order valence-corrected chi connectivity index (χ4v) is 10.6. The number of likely N-dealkylation sites (N-methyl/N-ethyl adjacent to an activating group) is 1. The number of carboxylic acids is 1. The molecule has 0 fully saturated rings. The van der Waals surface area contributed by atoms with Gasteiger partial charge in [-0.25, -0.2) is 0 Å². The summed E-state index contributed by atoms with van der Waals surface area (Å²) in [7, 11) is 5.93. The second kappa shape index (κ2) is 73.2. The normalized spacial score (nSPS) is 13.4. The van der Waals surface area contributed by atoms with E-state index in [1.165, 1.54) is 180 Å². The third-order valence-electron chi connectivity index (χ3n) is 16.4. The fourth-order valence-electron chi connectivity index (χ4n) is 10.6. The van der Waals surface area contributed by atoms with Gasteiger partial charge in [-0.3, -0.25) is 9.59 Å². The number of rotatable bonds is 70. The molecule has 9 nitrogen and oxygen atoms in total. The number of quaternary nitrogens is 1. The molecule has 0 aromatic carbocycles. The number of carbonyl (C=O) groups is 3. The van der Waals surface area contributed by atoms with Gasteiger partial charge < -0.3 is 33.3 Å². The highest BCUT2D eigenvalue weighted by Gasteiger charge is 2.22. The highest BCUT2D eigenvalue weighted by Crippen LogP contribution is 2.17. The van der Waals surface area contributed by atoms with Crippen molar-refractivity contribution in [2.75, 3.05) is 47.5 Å². The van der Waals surface area contributed by atoms with Crippen molar-refractivity contribution < 1.29 is 42.9 Å². The van der Waals surface area contributed by atoms with E-state index in [2.05, 4.69) is 148 Å². The van der Waals surface area contributed by atoms with Gasteiger partial charge in [-0.2, -0.15) is 0 Å². The maximum atomic E-state index is 13.0. The number of ether oxygens (including phenoxy) is 4. The molecule has 0 saturated carbocycles. The number of esters is 2. The first kappa shape index (κ1) is 88.4. The second-order valence-electron chi connectivity index (χ2n) is 26.6. The summed E-state index contributed by atoms with van der Waals surface area (Å²) in [5, 5.41) is 11.8. The van der Waals surface area contributed by atoms with Crippen LogP contribution < -0.4 is 5.11 Å². The number of unbranched alkanes of at least 4 members (excludes halogenated alkanes) is 33. The highest BCUT2D eigenvalue weighted by molar-refractivity contribution is 5.70. The van der Waals surface area contributed by atoms with E-state index in [1.54, 1.807) is 0 Å². The van der Waals surface area contributed by atoms with Crippen molar-refractivity contribution in [1.82, 2.24) is 0 Å². The van der Waals surface area contributed by atoms with Crippen molar-refractivity contribution >= 4 is 17.9 Å². The van der Waals surface area contributed by atoms with E-state index in [1.807, 2.05) is 21.1 Å². The molecule has 0 spiro atoms. The lowest BCUT2D eigenvalue weighted by atomic mass is 10.0. The van der Waals surface area contributed by atoms with Crippen molar-refractivity contribution in [1.29, 1.82) is 0 Å². The van der Waals surface area contributed by atoms with Gasteiger partial charge in [-0.1, -0.05) is 327 Å². The van der Waals surface area contributed by atoms with Crippen LogP contribution in [0.4, 0.5) is 0 Å². The van der Waals surface area contributed by atoms with Crippen molar-refractivity contribution in [2.24, 2.45) is 0 Å². The number of hydrogen-bond acceptors (Lipinski definition) is 8. The summed E-state index contributed by atoms with van der Waals surface area (Å²) in [6.45, 7) is 4.65. The molecule has 0 aliphatic carbocycles. The van der Waals surface area contributed by atoms with Gasteiger partial charge in [0.1, 0.15) is 13.2 Å². The first-order valence-corrected chi connectivity index (χ1v) is 38.3. The zero-order valence-corrected chi connectivity index (χ0v) is 60.8. The van der Waals surface area contributed by atoms with Gasteiger partial charge in [-0.05, 0) is 116 Å². The highest BCUT2D eigenvalue weighted by atomic mass is 16.7.